The molecule has 0 rings (SSSR count). The van der Waals surface area contributed by atoms with Crippen LogP contribution in [0.2, 0.25) is 0 Å². The molecule has 0 spiro atoms. The molecule has 1 amide bonds. The van der Waals surface area contributed by atoms with Gasteiger partial charge in [0.15, 0.2) is 0 Å². The van der Waals surface area contributed by atoms with E-state index in [0.717, 1.165) is 24.5 Å². The fourth-order valence-corrected chi connectivity index (χ4v) is 2.26. The summed E-state index contributed by atoms with van der Waals surface area (Å²) in [6.07, 6.45) is 1.11. The van der Waals surface area contributed by atoms with E-state index in [1.54, 1.807) is 0 Å². The lowest BCUT2D eigenvalue weighted by Crippen LogP contribution is -2.46. The molecular formula is C13H28N2OS. The van der Waals surface area contributed by atoms with Crippen molar-refractivity contribution in [2.24, 2.45) is 5.92 Å². The van der Waals surface area contributed by atoms with Crippen LogP contribution in [0.15, 0.2) is 0 Å². The fourth-order valence-electron chi connectivity index (χ4n) is 1.45. The molecule has 0 saturated carbocycles. The van der Waals surface area contributed by atoms with E-state index in [1.165, 1.54) is 0 Å². The van der Waals surface area contributed by atoms with Gasteiger partial charge in [0.1, 0.15) is 0 Å². The van der Waals surface area contributed by atoms with Crippen molar-refractivity contribution in [1.29, 1.82) is 0 Å². The number of carbonyl (C=O) groups is 1. The van der Waals surface area contributed by atoms with Crippen LogP contribution in [0.4, 0.5) is 0 Å². The highest BCUT2D eigenvalue weighted by Crippen LogP contribution is 2.04. The first-order valence-corrected chi connectivity index (χ1v) is 7.74. The maximum absolute atomic E-state index is 11.7. The predicted molar refractivity (Wildman–Crippen MR) is 77.5 cm³/mol. The minimum Gasteiger partial charge on any atom is -0.354 e. The van der Waals surface area contributed by atoms with Crippen molar-refractivity contribution in [1.82, 2.24) is 10.6 Å². The number of hydrogen-bond donors (Lipinski definition) is 2. The molecule has 3 nitrogen and oxygen atoms in total. The lowest BCUT2D eigenvalue weighted by atomic mass is 10.2. The van der Waals surface area contributed by atoms with Gasteiger partial charge in [-0.3, -0.25) is 4.79 Å². The summed E-state index contributed by atoms with van der Waals surface area (Å²) in [5, 5.41) is 6.28. The summed E-state index contributed by atoms with van der Waals surface area (Å²) in [5.74, 6) is 2.93. The quantitative estimate of drug-likeness (QED) is 0.625. The third kappa shape index (κ3) is 9.48. The number of thioether (sulfide) groups is 1. The zero-order valence-corrected chi connectivity index (χ0v) is 12.7. The van der Waals surface area contributed by atoms with E-state index >= 15 is 0 Å². The van der Waals surface area contributed by atoms with Gasteiger partial charge in [0.2, 0.25) is 5.91 Å². The van der Waals surface area contributed by atoms with E-state index in [9.17, 15) is 4.79 Å². The number of nitrogens with one attached hydrogen (secondary N) is 2. The number of carbonyl (C=O) groups excluding carboxylic acids is 1. The smallest absolute Gasteiger partial charge is 0.236 e. The molecule has 0 saturated heterocycles. The molecule has 4 heteroatoms. The summed E-state index contributed by atoms with van der Waals surface area (Å²) >= 11 is 1.95. The molecule has 0 aromatic heterocycles. The Morgan fingerprint density at radius 3 is 2.41 bits per heavy atom. The topological polar surface area (TPSA) is 41.1 Å². The third-order valence-corrected chi connectivity index (χ3v) is 3.44. The molecule has 0 aliphatic rings. The average Bonchev–Trinajstić information content (AvgIpc) is 2.26. The van der Waals surface area contributed by atoms with Crippen molar-refractivity contribution in [3.05, 3.63) is 0 Å². The van der Waals surface area contributed by atoms with Crippen LogP contribution in [0, 0.1) is 5.92 Å². The van der Waals surface area contributed by atoms with E-state index < -0.39 is 0 Å². The minimum atomic E-state index is -0.102. The maximum atomic E-state index is 11.7. The Bertz CT molecular complexity index is 210. The van der Waals surface area contributed by atoms with Crippen LogP contribution in [0.25, 0.3) is 0 Å². The van der Waals surface area contributed by atoms with Gasteiger partial charge in [-0.2, -0.15) is 11.8 Å². The molecule has 2 N–H and O–H groups in total. The Labute approximate surface area is 111 Å². The van der Waals surface area contributed by atoms with Crippen LogP contribution in [0.1, 0.15) is 41.0 Å². The molecule has 0 heterocycles. The molecule has 0 aromatic rings. The van der Waals surface area contributed by atoms with Crippen molar-refractivity contribution in [2.75, 3.05) is 18.1 Å². The number of rotatable bonds is 9. The monoisotopic (exact) mass is 260 g/mol. The maximum Gasteiger partial charge on any atom is 0.236 e. The van der Waals surface area contributed by atoms with Gasteiger partial charge >= 0.3 is 0 Å². The van der Waals surface area contributed by atoms with Crippen molar-refractivity contribution < 1.29 is 4.79 Å². The van der Waals surface area contributed by atoms with Crippen LogP contribution in [0.3, 0.4) is 0 Å². The van der Waals surface area contributed by atoms with E-state index in [-0.39, 0.29) is 11.9 Å². The molecule has 0 bridgehead atoms. The van der Waals surface area contributed by atoms with Crippen LogP contribution in [-0.2, 0) is 4.79 Å². The Balaban J connectivity index is 3.74. The molecule has 102 valence electrons. The molecular weight excluding hydrogens is 232 g/mol. The van der Waals surface area contributed by atoms with Gasteiger partial charge in [-0.1, -0.05) is 20.8 Å². The van der Waals surface area contributed by atoms with Gasteiger partial charge in [-0.05, 0) is 37.7 Å². The van der Waals surface area contributed by atoms with Crippen molar-refractivity contribution in [3.8, 4) is 0 Å². The van der Waals surface area contributed by atoms with E-state index in [1.807, 2.05) is 18.7 Å². The summed E-state index contributed by atoms with van der Waals surface area (Å²) in [6, 6.07) is 0.296. The fraction of sp³-hybridized carbons (Fsp3) is 0.923. The molecule has 17 heavy (non-hydrogen) atoms. The third-order valence-electron chi connectivity index (χ3n) is 2.51. The summed E-state index contributed by atoms with van der Waals surface area (Å²) in [6.45, 7) is 11.2. The van der Waals surface area contributed by atoms with Crippen molar-refractivity contribution >= 4 is 17.7 Å². The molecule has 0 aliphatic heterocycles. The van der Waals surface area contributed by atoms with E-state index in [4.69, 9.17) is 0 Å². The summed E-state index contributed by atoms with van der Waals surface area (Å²) in [4.78, 5) is 11.7. The highest BCUT2D eigenvalue weighted by atomic mass is 32.2. The highest BCUT2D eigenvalue weighted by Gasteiger charge is 2.14. The van der Waals surface area contributed by atoms with Crippen LogP contribution < -0.4 is 10.6 Å². The SMILES string of the molecule is CCSCCC(C)NC(C)C(=O)NCC(C)C. The average molecular weight is 260 g/mol. The van der Waals surface area contributed by atoms with Crippen molar-refractivity contribution in [3.63, 3.8) is 0 Å². The Hall–Kier alpha value is -0.220. The van der Waals surface area contributed by atoms with Crippen molar-refractivity contribution in [2.45, 2.75) is 53.1 Å². The molecule has 2 atom stereocenters. The zero-order chi connectivity index (χ0) is 13.3. The zero-order valence-electron chi connectivity index (χ0n) is 11.9. The minimum absolute atomic E-state index is 0.102. The molecule has 0 radical (unpaired) electrons. The summed E-state index contributed by atoms with van der Waals surface area (Å²) in [7, 11) is 0. The van der Waals surface area contributed by atoms with E-state index in [2.05, 4.69) is 38.3 Å². The molecule has 0 aromatic carbocycles. The Kier molecular flexibility index (Phi) is 9.65. The normalized spacial score (nSPS) is 14.7. The lowest BCUT2D eigenvalue weighted by molar-refractivity contribution is -0.123. The summed E-state index contributed by atoms with van der Waals surface area (Å²) in [5.41, 5.74) is 0. The lowest BCUT2D eigenvalue weighted by Gasteiger charge is -2.20. The highest BCUT2D eigenvalue weighted by molar-refractivity contribution is 7.99. The van der Waals surface area contributed by atoms with Gasteiger partial charge < -0.3 is 10.6 Å². The first-order valence-electron chi connectivity index (χ1n) is 6.58. The van der Waals surface area contributed by atoms with E-state index in [0.29, 0.717) is 12.0 Å². The van der Waals surface area contributed by atoms with Gasteiger partial charge in [0, 0.05) is 12.6 Å². The second-order valence-corrected chi connectivity index (χ2v) is 6.31. The van der Waals surface area contributed by atoms with Crippen LogP contribution in [-0.4, -0.2) is 36.0 Å². The standard InChI is InChI=1S/C13H28N2OS/c1-6-17-8-7-11(4)15-12(5)13(16)14-9-10(2)3/h10-12,15H,6-9H2,1-5H3,(H,14,16). The van der Waals surface area contributed by atoms with Crippen LogP contribution in [0.5, 0.6) is 0 Å². The summed E-state index contributed by atoms with van der Waals surface area (Å²) < 4.78 is 0. The molecule has 0 fully saturated rings. The number of amides is 1. The van der Waals surface area contributed by atoms with Gasteiger partial charge in [0.25, 0.3) is 0 Å². The number of hydrogen-bond acceptors (Lipinski definition) is 3. The molecule has 2 unspecified atom stereocenters. The first kappa shape index (κ1) is 16.8. The first-order chi connectivity index (χ1) is 7.97. The second-order valence-electron chi connectivity index (χ2n) is 4.91. The Morgan fingerprint density at radius 2 is 1.88 bits per heavy atom. The molecule has 0 aliphatic carbocycles. The van der Waals surface area contributed by atoms with Gasteiger partial charge in [-0.15, -0.1) is 0 Å². The second kappa shape index (κ2) is 9.77. The van der Waals surface area contributed by atoms with Gasteiger partial charge in [0.05, 0.1) is 6.04 Å². The van der Waals surface area contributed by atoms with Gasteiger partial charge in [-0.25, -0.2) is 0 Å². The predicted octanol–water partition coefficient (Wildman–Crippen LogP) is 2.27. The van der Waals surface area contributed by atoms with Crippen LogP contribution >= 0.6 is 11.8 Å². The largest absolute Gasteiger partial charge is 0.354 e. The Morgan fingerprint density at radius 1 is 1.24 bits per heavy atom.